The molecular weight excluding hydrogens is 258 g/mol. The second-order valence-corrected chi connectivity index (χ2v) is 4.65. The van der Waals surface area contributed by atoms with Crippen LogP contribution in [0.4, 0.5) is 10.5 Å². The topological polar surface area (TPSA) is 67.1 Å². The van der Waals surface area contributed by atoms with Crippen LogP contribution in [-0.2, 0) is 0 Å². The first-order valence-electron chi connectivity index (χ1n) is 5.98. The molecule has 0 spiro atoms. The summed E-state index contributed by atoms with van der Waals surface area (Å²) >= 11 is 4.75. The highest BCUT2D eigenvalue weighted by atomic mass is 32.1. The number of carbonyl (C=O) groups excluding carboxylic acids is 1. The highest BCUT2D eigenvalue weighted by molar-refractivity contribution is 7.80. The average molecular weight is 273 g/mol. The summed E-state index contributed by atoms with van der Waals surface area (Å²) in [7, 11) is 0. The molecule has 0 aliphatic rings. The van der Waals surface area contributed by atoms with Gasteiger partial charge in [0.1, 0.15) is 0 Å². The van der Waals surface area contributed by atoms with Gasteiger partial charge in [-0.2, -0.15) is 0 Å². The third kappa shape index (κ3) is 3.66. The minimum Gasteiger partial charge on any atom is -0.393 e. The van der Waals surface area contributed by atoms with Gasteiger partial charge in [0.25, 0.3) is 0 Å². The van der Waals surface area contributed by atoms with Crippen molar-refractivity contribution < 1.29 is 4.79 Å². The summed E-state index contributed by atoms with van der Waals surface area (Å²) in [6, 6.07) is 13.4. The van der Waals surface area contributed by atoms with Gasteiger partial charge in [0.15, 0.2) is 0 Å². The molecule has 0 aliphatic carbocycles. The third-order valence-corrected chi connectivity index (χ3v) is 2.90. The van der Waals surface area contributed by atoms with E-state index in [1.165, 1.54) is 0 Å². The molecule has 98 valence electrons. The van der Waals surface area contributed by atoms with Gasteiger partial charge in [-0.25, -0.2) is 4.79 Å². The van der Waals surface area contributed by atoms with Crippen molar-refractivity contribution >= 4 is 39.7 Å². The van der Waals surface area contributed by atoms with Crippen LogP contribution in [-0.4, -0.2) is 17.6 Å². The zero-order valence-corrected chi connectivity index (χ0v) is 11.2. The van der Waals surface area contributed by atoms with E-state index in [9.17, 15) is 4.79 Å². The van der Waals surface area contributed by atoms with Gasteiger partial charge in [-0.1, -0.05) is 48.6 Å². The number of anilines is 1. The highest BCUT2D eigenvalue weighted by Gasteiger charge is 2.04. The van der Waals surface area contributed by atoms with E-state index in [-0.39, 0.29) is 6.03 Å². The quantitative estimate of drug-likeness (QED) is 0.750. The van der Waals surface area contributed by atoms with Crippen LogP contribution in [0.3, 0.4) is 0 Å². The lowest BCUT2D eigenvalue weighted by Crippen LogP contribution is -2.31. The van der Waals surface area contributed by atoms with E-state index in [0.717, 1.165) is 16.5 Å². The maximum absolute atomic E-state index is 11.7. The van der Waals surface area contributed by atoms with Crippen molar-refractivity contribution in [2.45, 2.75) is 6.42 Å². The lowest BCUT2D eigenvalue weighted by Gasteiger charge is -2.09. The Labute approximate surface area is 117 Å². The number of benzene rings is 2. The van der Waals surface area contributed by atoms with Gasteiger partial charge < -0.3 is 16.4 Å². The minimum atomic E-state index is -0.257. The molecule has 4 nitrogen and oxygen atoms in total. The molecule has 2 aromatic carbocycles. The van der Waals surface area contributed by atoms with Crippen molar-refractivity contribution in [2.24, 2.45) is 5.73 Å². The summed E-state index contributed by atoms with van der Waals surface area (Å²) in [5.74, 6) is 0. The number of thiocarbonyl (C=S) groups is 1. The normalized spacial score (nSPS) is 10.1. The number of urea groups is 1. The summed E-state index contributed by atoms with van der Waals surface area (Å²) < 4.78 is 0. The van der Waals surface area contributed by atoms with Crippen LogP contribution in [0.5, 0.6) is 0 Å². The highest BCUT2D eigenvalue weighted by Crippen LogP contribution is 2.22. The number of rotatable bonds is 4. The molecule has 0 fully saturated rings. The summed E-state index contributed by atoms with van der Waals surface area (Å²) in [6.07, 6.45) is 0.498. The lowest BCUT2D eigenvalue weighted by atomic mass is 10.1. The van der Waals surface area contributed by atoms with E-state index in [1.807, 2.05) is 42.5 Å². The molecule has 0 saturated carbocycles. The molecule has 0 aromatic heterocycles. The SMILES string of the molecule is NC(=S)CCNC(=O)Nc1cccc2ccccc12. The van der Waals surface area contributed by atoms with Gasteiger partial charge in [0, 0.05) is 18.4 Å². The molecule has 0 atom stereocenters. The van der Waals surface area contributed by atoms with Crippen molar-refractivity contribution in [3.05, 3.63) is 42.5 Å². The minimum absolute atomic E-state index is 0.257. The van der Waals surface area contributed by atoms with Crippen LogP contribution in [0, 0.1) is 0 Å². The van der Waals surface area contributed by atoms with Crippen LogP contribution >= 0.6 is 12.2 Å². The number of hydrogen-bond donors (Lipinski definition) is 3. The first-order valence-corrected chi connectivity index (χ1v) is 6.38. The Morgan fingerprint density at radius 2 is 1.89 bits per heavy atom. The van der Waals surface area contributed by atoms with Crippen LogP contribution in [0.25, 0.3) is 10.8 Å². The largest absolute Gasteiger partial charge is 0.393 e. The molecular formula is C14H15N3OS. The number of carbonyl (C=O) groups is 1. The predicted octanol–water partition coefficient (Wildman–Crippen LogP) is 2.64. The Bertz CT molecular complexity index is 607. The Balaban J connectivity index is 2.05. The predicted molar refractivity (Wildman–Crippen MR) is 82.4 cm³/mol. The maximum Gasteiger partial charge on any atom is 0.319 e. The fraction of sp³-hybridized carbons (Fsp3) is 0.143. The van der Waals surface area contributed by atoms with Gasteiger partial charge in [-0.15, -0.1) is 0 Å². The molecule has 2 rings (SSSR count). The van der Waals surface area contributed by atoms with Crippen molar-refractivity contribution in [3.63, 3.8) is 0 Å². The van der Waals surface area contributed by atoms with E-state index in [2.05, 4.69) is 10.6 Å². The Morgan fingerprint density at radius 3 is 2.68 bits per heavy atom. The van der Waals surface area contributed by atoms with E-state index in [4.69, 9.17) is 18.0 Å². The average Bonchev–Trinajstić information content (AvgIpc) is 2.39. The second-order valence-electron chi connectivity index (χ2n) is 4.12. The number of hydrogen-bond acceptors (Lipinski definition) is 2. The van der Waals surface area contributed by atoms with Gasteiger partial charge in [0.05, 0.1) is 10.7 Å². The molecule has 0 radical (unpaired) electrons. The van der Waals surface area contributed by atoms with Gasteiger partial charge in [0.2, 0.25) is 0 Å². The van der Waals surface area contributed by atoms with E-state index < -0.39 is 0 Å². The third-order valence-electron chi connectivity index (χ3n) is 2.69. The van der Waals surface area contributed by atoms with Gasteiger partial charge in [-0.3, -0.25) is 0 Å². The Kier molecular flexibility index (Phi) is 4.30. The summed E-state index contributed by atoms with van der Waals surface area (Å²) in [5, 5.41) is 7.63. The first kappa shape index (κ1) is 13.3. The van der Waals surface area contributed by atoms with Gasteiger partial charge in [-0.05, 0) is 11.5 Å². The molecule has 0 bridgehead atoms. The van der Waals surface area contributed by atoms with Crippen LogP contribution < -0.4 is 16.4 Å². The molecule has 19 heavy (non-hydrogen) atoms. The van der Waals surface area contributed by atoms with Crippen molar-refractivity contribution in [3.8, 4) is 0 Å². The van der Waals surface area contributed by atoms with Crippen molar-refractivity contribution in [1.82, 2.24) is 5.32 Å². The van der Waals surface area contributed by atoms with Crippen LogP contribution in [0.15, 0.2) is 42.5 Å². The molecule has 0 heterocycles. The summed E-state index contributed by atoms with van der Waals surface area (Å²) in [6.45, 7) is 0.436. The Morgan fingerprint density at radius 1 is 1.16 bits per heavy atom. The van der Waals surface area contributed by atoms with E-state index in [1.54, 1.807) is 0 Å². The van der Waals surface area contributed by atoms with Crippen LogP contribution in [0.1, 0.15) is 6.42 Å². The fourth-order valence-electron chi connectivity index (χ4n) is 1.80. The second kappa shape index (κ2) is 6.15. The van der Waals surface area contributed by atoms with Crippen molar-refractivity contribution in [1.29, 1.82) is 0 Å². The summed E-state index contributed by atoms with van der Waals surface area (Å²) in [5.41, 5.74) is 6.15. The molecule has 2 aromatic rings. The van der Waals surface area contributed by atoms with Crippen molar-refractivity contribution in [2.75, 3.05) is 11.9 Å². The first-order chi connectivity index (χ1) is 9.16. The maximum atomic E-state index is 11.7. The van der Waals surface area contributed by atoms with Crippen LogP contribution in [0.2, 0.25) is 0 Å². The fourth-order valence-corrected chi connectivity index (χ4v) is 1.90. The van der Waals surface area contributed by atoms with E-state index >= 15 is 0 Å². The zero-order valence-electron chi connectivity index (χ0n) is 10.3. The monoisotopic (exact) mass is 273 g/mol. The Hall–Kier alpha value is -2.14. The number of nitrogens with two attached hydrogens (primary N) is 1. The molecule has 0 aliphatic heterocycles. The summed E-state index contributed by atoms with van der Waals surface area (Å²) in [4.78, 5) is 12.1. The smallest absolute Gasteiger partial charge is 0.319 e. The van der Waals surface area contributed by atoms with E-state index in [0.29, 0.717) is 18.0 Å². The van der Waals surface area contributed by atoms with Gasteiger partial charge >= 0.3 is 6.03 Å². The molecule has 4 N–H and O–H groups in total. The molecule has 0 unspecified atom stereocenters. The zero-order chi connectivity index (χ0) is 13.7. The standard InChI is InChI=1S/C14H15N3OS/c15-13(19)8-9-16-14(18)17-12-7-3-5-10-4-1-2-6-11(10)12/h1-7H,8-9H2,(H2,15,19)(H2,16,17,18). The lowest BCUT2D eigenvalue weighted by molar-refractivity contribution is 0.252. The molecule has 0 saturated heterocycles. The number of nitrogens with one attached hydrogen (secondary N) is 2. The molecule has 2 amide bonds. The molecule has 5 heteroatoms. The number of amides is 2. The number of fused-ring (bicyclic) bond motifs is 1.